The van der Waals surface area contributed by atoms with E-state index in [9.17, 15) is 30.0 Å². The highest BCUT2D eigenvalue weighted by molar-refractivity contribution is 5.71. The number of carboxylic acid groups (broad SMARTS) is 2. The van der Waals surface area contributed by atoms with Crippen LogP contribution in [0.1, 0.15) is 246 Å². The van der Waals surface area contributed by atoms with Crippen LogP contribution < -0.4 is 0 Å². The van der Waals surface area contributed by atoms with Gasteiger partial charge < -0.3 is 20.4 Å². The molecular weight excluding hydrogens is 636 g/mol. The van der Waals surface area contributed by atoms with Crippen molar-refractivity contribution in [1.82, 2.24) is 0 Å². The maximum atomic E-state index is 12.5. The monoisotopic (exact) mass is 725 g/mol. The van der Waals surface area contributed by atoms with Crippen LogP contribution >= 0.6 is 0 Å². The molecular formula is C45H88O6. The fraction of sp³-hybridized carbons (Fsp3) is 0.956. The van der Waals surface area contributed by atoms with Crippen molar-refractivity contribution < 1.29 is 30.0 Å². The quantitative estimate of drug-likeness (QED) is 0.0468. The highest BCUT2D eigenvalue weighted by Gasteiger charge is 2.37. The van der Waals surface area contributed by atoms with E-state index in [1.54, 1.807) is 0 Å². The second kappa shape index (κ2) is 34.6. The molecule has 0 spiro atoms. The molecule has 0 aliphatic rings. The molecule has 0 aromatic rings. The topological polar surface area (TPSA) is 115 Å². The van der Waals surface area contributed by atoms with E-state index in [0.717, 1.165) is 128 Å². The third-order valence-electron chi connectivity index (χ3n) is 11.8. The maximum Gasteiger partial charge on any atom is 0.306 e. The van der Waals surface area contributed by atoms with Crippen molar-refractivity contribution in [3.05, 3.63) is 0 Å². The molecule has 4 unspecified atom stereocenters. The number of carbonyl (C=O) groups is 2. The second-order valence-electron chi connectivity index (χ2n) is 16.5. The van der Waals surface area contributed by atoms with Gasteiger partial charge in [-0.2, -0.15) is 0 Å². The Bertz CT molecular complexity index is 729. The molecule has 0 aromatic heterocycles. The first kappa shape index (κ1) is 49.9. The smallest absolute Gasteiger partial charge is 0.306 e. The van der Waals surface area contributed by atoms with Gasteiger partial charge in [0.2, 0.25) is 0 Å². The van der Waals surface area contributed by atoms with Gasteiger partial charge in [-0.15, -0.1) is 0 Å². The van der Waals surface area contributed by atoms with Crippen LogP contribution in [0.25, 0.3) is 0 Å². The molecule has 0 amide bonds. The molecule has 6 nitrogen and oxygen atoms in total. The second-order valence-corrected chi connectivity index (χ2v) is 16.5. The largest absolute Gasteiger partial charge is 0.481 e. The molecule has 4 N–H and O–H groups in total. The molecule has 0 bridgehead atoms. The van der Waals surface area contributed by atoms with E-state index >= 15 is 0 Å². The predicted octanol–water partition coefficient (Wildman–Crippen LogP) is 13.4. The lowest BCUT2D eigenvalue weighted by atomic mass is 9.67. The summed E-state index contributed by atoms with van der Waals surface area (Å²) in [4.78, 5) is 24.9. The lowest BCUT2D eigenvalue weighted by Gasteiger charge is -2.37. The normalized spacial score (nSPS) is 15.3. The Morgan fingerprint density at radius 2 is 0.686 bits per heavy atom. The standard InChI is InChI=1S/C45H88O6/c1-5-9-12-26-32-41(46)34-28-22-18-14-16-20-24-30-39(43(48)49)37-45(8-4,36-11-7-3)38-40(44(50)51)31-25-21-17-15-19-23-29-35-42(47)33-27-13-10-6-2/h39-42,46-47H,5-38H2,1-4H3,(H,48,49)(H,50,51). The minimum atomic E-state index is -0.717. The van der Waals surface area contributed by atoms with E-state index in [4.69, 9.17) is 0 Å². The molecule has 0 saturated carbocycles. The number of unbranched alkanes of at least 4 members (excludes halogenated alkanes) is 19. The van der Waals surface area contributed by atoms with Crippen molar-refractivity contribution in [1.29, 1.82) is 0 Å². The highest BCUT2D eigenvalue weighted by Crippen LogP contribution is 2.44. The Balaban J connectivity index is 4.58. The summed E-state index contributed by atoms with van der Waals surface area (Å²) in [7, 11) is 0. The van der Waals surface area contributed by atoms with Crippen molar-refractivity contribution in [2.45, 2.75) is 258 Å². The van der Waals surface area contributed by atoms with Crippen molar-refractivity contribution in [3.63, 3.8) is 0 Å². The number of carboxylic acids is 2. The Labute approximate surface area is 316 Å². The van der Waals surface area contributed by atoms with Crippen molar-refractivity contribution in [2.24, 2.45) is 17.3 Å². The van der Waals surface area contributed by atoms with E-state index in [-0.39, 0.29) is 17.6 Å². The average Bonchev–Trinajstić information content (AvgIpc) is 3.11. The lowest BCUT2D eigenvalue weighted by Crippen LogP contribution is -2.32. The Morgan fingerprint density at radius 3 is 0.961 bits per heavy atom. The summed E-state index contributed by atoms with van der Waals surface area (Å²) in [5, 5.41) is 40.8. The summed E-state index contributed by atoms with van der Waals surface area (Å²) in [5.74, 6) is -2.24. The van der Waals surface area contributed by atoms with Crippen LogP contribution in [0.15, 0.2) is 0 Å². The summed E-state index contributed by atoms with van der Waals surface area (Å²) >= 11 is 0. The van der Waals surface area contributed by atoms with Gasteiger partial charge in [0, 0.05) is 0 Å². The van der Waals surface area contributed by atoms with Gasteiger partial charge in [0.1, 0.15) is 0 Å². The van der Waals surface area contributed by atoms with Crippen LogP contribution in [0.4, 0.5) is 0 Å². The van der Waals surface area contributed by atoms with Crippen LogP contribution in [-0.4, -0.2) is 44.6 Å². The molecule has 0 aliphatic heterocycles. The number of aliphatic hydroxyl groups is 2. The fourth-order valence-electron chi connectivity index (χ4n) is 8.19. The zero-order valence-electron chi connectivity index (χ0n) is 34.5. The molecule has 0 fully saturated rings. The average molecular weight is 725 g/mol. The van der Waals surface area contributed by atoms with Gasteiger partial charge in [-0.1, -0.05) is 188 Å². The van der Waals surface area contributed by atoms with Gasteiger partial charge in [-0.3, -0.25) is 9.59 Å². The number of hydrogen-bond acceptors (Lipinski definition) is 4. The Hall–Kier alpha value is -1.14. The number of aliphatic hydroxyl groups excluding tert-OH is 2. The van der Waals surface area contributed by atoms with Crippen molar-refractivity contribution >= 4 is 11.9 Å². The van der Waals surface area contributed by atoms with E-state index in [1.165, 1.54) is 64.2 Å². The van der Waals surface area contributed by atoms with Gasteiger partial charge in [0.05, 0.1) is 24.0 Å². The molecule has 304 valence electrons. The maximum absolute atomic E-state index is 12.5. The lowest BCUT2D eigenvalue weighted by molar-refractivity contribution is -0.145. The summed E-state index contributed by atoms with van der Waals surface area (Å²) < 4.78 is 0. The molecule has 0 heterocycles. The van der Waals surface area contributed by atoms with E-state index in [2.05, 4.69) is 27.7 Å². The van der Waals surface area contributed by atoms with E-state index in [1.807, 2.05) is 0 Å². The van der Waals surface area contributed by atoms with Gasteiger partial charge in [0.15, 0.2) is 0 Å². The minimum Gasteiger partial charge on any atom is -0.481 e. The molecule has 0 aromatic carbocycles. The minimum absolute atomic E-state index is 0.143. The van der Waals surface area contributed by atoms with Gasteiger partial charge in [-0.05, 0) is 63.2 Å². The van der Waals surface area contributed by atoms with Crippen LogP contribution in [0, 0.1) is 17.3 Å². The van der Waals surface area contributed by atoms with Gasteiger partial charge >= 0.3 is 11.9 Å². The first-order valence-electron chi connectivity index (χ1n) is 22.5. The fourth-order valence-corrected chi connectivity index (χ4v) is 8.19. The van der Waals surface area contributed by atoms with E-state index < -0.39 is 23.8 Å². The molecule has 0 radical (unpaired) electrons. The summed E-state index contributed by atoms with van der Waals surface area (Å²) in [6.45, 7) is 8.73. The summed E-state index contributed by atoms with van der Waals surface area (Å²) in [6, 6.07) is 0. The summed E-state index contributed by atoms with van der Waals surface area (Å²) in [6.07, 6.45) is 34.9. The first-order chi connectivity index (χ1) is 24.6. The van der Waals surface area contributed by atoms with Gasteiger partial charge in [0.25, 0.3) is 0 Å². The SMILES string of the molecule is CCCCCCC(O)CCCCCCCCCC(CC(CC)(CCCC)CC(CCCCCCCCCC(O)CCCCCC)C(=O)O)C(=O)O. The van der Waals surface area contributed by atoms with Crippen LogP contribution in [0.3, 0.4) is 0 Å². The molecule has 0 saturated heterocycles. The zero-order chi connectivity index (χ0) is 38.0. The molecule has 0 rings (SSSR count). The van der Waals surface area contributed by atoms with Crippen molar-refractivity contribution in [3.8, 4) is 0 Å². The number of hydrogen-bond donors (Lipinski definition) is 4. The van der Waals surface area contributed by atoms with Crippen LogP contribution in [0.5, 0.6) is 0 Å². The predicted molar refractivity (Wildman–Crippen MR) is 216 cm³/mol. The van der Waals surface area contributed by atoms with Crippen molar-refractivity contribution in [2.75, 3.05) is 0 Å². The molecule has 0 aliphatic carbocycles. The Kier molecular flexibility index (Phi) is 33.8. The van der Waals surface area contributed by atoms with Crippen LogP contribution in [-0.2, 0) is 9.59 Å². The molecule has 51 heavy (non-hydrogen) atoms. The third-order valence-corrected chi connectivity index (χ3v) is 11.8. The molecule has 6 heteroatoms. The Morgan fingerprint density at radius 1 is 0.412 bits per heavy atom. The van der Waals surface area contributed by atoms with E-state index in [0.29, 0.717) is 25.7 Å². The first-order valence-corrected chi connectivity index (χ1v) is 22.5. The number of rotatable bonds is 40. The number of aliphatic carboxylic acids is 2. The van der Waals surface area contributed by atoms with Crippen LogP contribution in [0.2, 0.25) is 0 Å². The zero-order valence-corrected chi connectivity index (χ0v) is 34.5. The summed E-state index contributed by atoms with van der Waals surface area (Å²) in [5.41, 5.74) is -0.233. The van der Waals surface area contributed by atoms with Gasteiger partial charge in [-0.25, -0.2) is 0 Å². The highest BCUT2D eigenvalue weighted by atomic mass is 16.4. The molecule has 4 atom stereocenters. The third kappa shape index (κ3) is 29.0.